The summed E-state index contributed by atoms with van der Waals surface area (Å²) >= 11 is 1.67. The number of aliphatic carboxylic acids is 1. The zero-order chi connectivity index (χ0) is 13.9. The van der Waals surface area contributed by atoms with E-state index in [1.165, 1.54) is 44.8 Å². The highest BCUT2D eigenvalue weighted by Crippen LogP contribution is 2.43. The molecule has 2 aliphatic rings. The third-order valence-electron chi connectivity index (χ3n) is 3.91. The first kappa shape index (κ1) is 13.8. The molecule has 1 aliphatic carbocycles. The van der Waals surface area contributed by atoms with Crippen molar-refractivity contribution in [3.05, 3.63) is 21.7 Å². The second kappa shape index (κ2) is 6.06. The van der Waals surface area contributed by atoms with Gasteiger partial charge in [0.25, 0.3) is 0 Å². The molecule has 3 rings (SSSR count). The van der Waals surface area contributed by atoms with Crippen molar-refractivity contribution < 1.29 is 9.90 Å². The first-order valence-electron chi connectivity index (χ1n) is 7.35. The van der Waals surface area contributed by atoms with Crippen molar-refractivity contribution in [1.82, 2.24) is 9.88 Å². The van der Waals surface area contributed by atoms with Crippen molar-refractivity contribution >= 4 is 23.4 Å². The largest absolute Gasteiger partial charge is 0.478 e. The van der Waals surface area contributed by atoms with Crippen LogP contribution in [0.2, 0.25) is 0 Å². The molecule has 1 saturated carbocycles. The van der Waals surface area contributed by atoms with Crippen LogP contribution in [0, 0.1) is 0 Å². The summed E-state index contributed by atoms with van der Waals surface area (Å²) in [5, 5.41) is 9.92. The lowest BCUT2D eigenvalue weighted by molar-refractivity contribution is -0.131. The molecule has 0 atom stereocenters. The molecule has 5 heteroatoms. The van der Waals surface area contributed by atoms with E-state index in [9.17, 15) is 4.79 Å². The van der Waals surface area contributed by atoms with Crippen LogP contribution in [-0.2, 0) is 11.2 Å². The molecule has 2 heterocycles. The van der Waals surface area contributed by atoms with E-state index in [-0.39, 0.29) is 0 Å². The average molecular weight is 292 g/mol. The number of nitrogens with zero attached hydrogens (tertiary/aromatic N) is 2. The topological polar surface area (TPSA) is 53.4 Å². The Labute approximate surface area is 123 Å². The number of carbonyl (C=O) groups is 1. The van der Waals surface area contributed by atoms with Gasteiger partial charge in [-0.25, -0.2) is 9.78 Å². The Morgan fingerprint density at radius 2 is 2.15 bits per heavy atom. The third kappa shape index (κ3) is 3.46. The summed E-state index contributed by atoms with van der Waals surface area (Å²) in [5.74, 6) is -0.320. The number of thiazole rings is 1. The van der Waals surface area contributed by atoms with Crippen molar-refractivity contribution in [2.45, 2.75) is 38.0 Å². The minimum Gasteiger partial charge on any atom is -0.478 e. The maximum Gasteiger partial charge on any atom is 0.328 e. The number of hydrogen-bond donors (Lipinski definition) is 1. The van der Waals surface area contributed by atoms with E-state index in [0.717, 1.165) is 28.5 Å². The van der Waals surface area contributed by atoms with Crippen LogP contribution in [0.4, 0.5) is 0 Å². The summed E-state index contributed by atoms with van der Waals surface area (Å²) < 4.78 is 0. The minimum atomic E-state index is -0.890. The highest BCUT2D eigenvalue weighted by atomic mass is 32.1. The molecule has 1 saturated heterocycles. The number of likely N-dealkylation sites (tertiary alicyclic amines) is 1. The Bertz CT molecular complexity index is 514. The van der Waals surface area contributed by atoms with E-state index in [2.05, 4.69) is 4.90 Å². The predicted octanol–water partition coefficient (Wildman–Crippen LogP) is 2.76. The quantitative estimate of drug-likeness (QED) is 0.819. The van der Waals surface area contributed by atoms with Gasteiger partial charge in [-0.3, -0.25) is 0 Å². The van der Waals surface area contributed by atoms with E-state index in [1.807, 2.05) is 0 Å². The van der Waals surface area contributed by atoms with Crippen LogP contribution in [0.5, 0.6) is 0 Å². The molecular formula is C15H20N2O2S. The lowest BCUT2D eigenvalue weighted by Gasteiger charge is -2.12. The van der Waals surface area contributed by atoms with Crippen LogP contribution in [-0.4, -0.2) is 40.6 Å². The zero-order valence-corrected chi connectivity index (χ0v) is 12.4. The van der Waals surface area contributed by atoms with Gasteiger partial charge in [-0.1, -0.05) is 0 Å². The second-order valence-corrected chi connectivity index (χ2v) is 6.72. The van der Waals surface area contributed by atoms with Gasteiger partial charge in [-0.15, -0.1) is 11.3 Å². The molecule has 0 bridgehead atoms. The molecule has 1 aliphatic heterocycles. The highest BCUT2D eigenvalue weighted by Gasteiger charge is 2.29. The summed E-state index contributed by atoms with van der Waals surface area (Å²) in [4.78, 5) is 19.0. The van der Waals surface area contributed by atoms with Gasteiger partial charge in [0.1, 0.15) is 0 Å². The van der Waals surface area contributed by atoms with Gasteiger partial charge in [0.2, 0.25) is 0 Å². The van der Waals surface area contributed by atoms with E-state index in [1.54, 1.807) is 17.4 Å². The minimum absolute atomic E-state index is 0.570. The maximum absolute atomic E-state index is 10.7. The van der Waals surface area contributed by atoms with Crippen molar-refractivity contribution in [3.8, 4) is 0 Å². The van der Waals surface area contributed by atoms with E-state index < -0.39 is 5.97 Å². The summed E-state index contributed by atoms with van der Waals surface area (Å²) in [7, 11) is 0. The number of rotatable bonds is 6. The Morgan fingerprint density at radius 3 is 2.80 bits per heavy atom. The van der Waals surface area contributed by atoms with E-state index in [0.29, 0.717) is 5.92 Å². The molecular weight excluding hydrogens is 272 g/mol. The molecule has 1 N–H and O–H groups in total. The monoisotopic (exact) mass is 292 g/mol. The molecule has 0 radical (unpaired) electrons. The fraction of sp³-hybridized carbons (Fsp3) is 0.600. The van der Waals surface area contributed by atoms with E-state index >= 15 is 0 Å². The van der Waals surface area contributed by atoms with Gasteiger partial charge in [-0.05, 0) is 44.8 Å². The average Bonchev–Trinajstić information content (AvgIpc) is 2.99. The molecule has 108 valence electrons. The van der Waals surface area contributed by atoms with Crippen LogP contribution < -0.4 is 0 Å². The molecule has 2 fully saturated rings. The molecule has 0 aromatic carbocycles. The van der Waals surface area contributed by atoms with Crippen LogP contribution in [0.15, 0.2) is 6.08 Å². The normalized spacial score (nSPS) is 20.0. The number of hydrogen-bond acceptors (Lipinski definition) is 4. The molecule has 0 spiro atoms. The summed E-state index contributed by atoms with van der Waals surface area (Å²) in [6, 6.07) is 0. The summed E-state index contributed by atoms with van der Waals surface area (Å²) in [5.41, 5.74) is 1.13. The zero-order valence-electron chi connectivity index (χ0n) is 11.5. The van der Waals surface area contributed by atoms with Gasteiger partial charge in [0.15, 0.2) is 0 Å². The van der Waals surface area contributed by atoms with Crippen molar-refractivity contribution in [2.24, 2.45) is 0 Å². The van der Waals surface area contributed by atoms with E-state index in [4.69, 9.17) is 10.1 Å². The summed E-state index contributed by atoms with van der Waals surface area (Å²) in [6.45, 7) is 3.51. The predicted molar refractivity (Wildman–Crippen MR) is 80.1 cm³/mol. The van der Waals surface area contributed by atoms with Gasteiger partial charge < -0.3 is 10.0 Å². The molecule has 4 nitrogen and oxygen atoms in total. The Balaban J connectivity index is 1.67. The maximum atomic E-state index is 10.7. The Kier molecular flexibility index (Phi) is 4.17. The molecule has 0 unspecified atom stereocenters. The van der Waals surface area contributed by atoms with Gasteiger partial charge in [0.05, 0.1) is 15.6 Å². The first-order chi connectivity index (χ1) is 9.72. The standard InChI is InChI=1S/C15H20N2O2S/c18-14(19)6-5-12-15(11-3-4-11)16-13(20-12)7-10-17-8-1-2-9-17/h5-6,11H,1-4,7-10H2,(H,18,19)/b6-5+. The lowest BCUT2D eigenvalue weighted by atomic mass is 10.2. The van der Waals surface area contributed by atoms with Crippen LogP contribution >= 0.6 is 11.3 Å². The Hall–Kier alpha value is -1.20. The van der Waals surface area contributed by atoms with Crippen molar-refractivity contribution in [3.63, 3.8) is 0 Å². The molecule has 0 amide bonds. The van der Waals surface area contributed by atoms with Crippen molar-refractivity contribution in [2.75, 3.05) is 19.6 Å². The van der Waals surface area contributed by atoms with Crippen LogP contribution in [0.25, 0.3) is 6.08 Å². The summed E-state index contributed by atoms with van der Waals surface area (Å²) in [6.07, 6.45) is 8.96. The molecule has 20 heavy (non-hydrogen) atoms. The second-order valence-electron chi connectivity index (χ2n) is 5.60. The third-order valence-corrected chi connectivity index (χ3v) is 5.00. The van der Waals surface area contributed by atoms with Gasteiger partial charge in [0, 0.05) is 25.0 Å². The fourth-order valence-electron chi connectivity index (χ4n) is 2.67. The molecule has 1 aromatic rings. The number of aromatic nitrogens is 1. The number of carboxylic acids is 1. The lowest BCUT2D eigenvalue weighted by Crippen LogP contribution is -2.21. The Morgan fingerprint density at radius 1 is 1.40 bits per heavy atom. The van der Waals surface area contributed by atoms with Gasteiger partial charge >= 0.3 is 5.97 Å². The van der Waals surface area contributed by atoms with Crippen LogP contribution in [0.1, 0.15) is 47.2 Å². The van der Waals surface area contributed by atoms with Gasteiger partial charge in [-0.2, -0.15) is 0 Å². The smallest absolute Gasteiger partial charge is 0.328 e. The van der Waals surface area contributed by atoms with Crippen molar-refractivity contribution in [1.29, 1.82) is 0 Å². The molecule has 1 aromatic heterocycles. The SMILES string of the molecule is O=C(O)/C=C/c1sc(CCN2CCCC2)nc1C1CC1. The highest BCUT2D eigenvalue weighted by molar-refractivity contribution is 7.12. The van der Waals surface area contributed by atoms with Crippen LogP contribution in [0.3, 0.4) is 0 Å². The fourth-order valence-corrected chi connectivity index (χ4v) is 3.72. The first-order valence-corrected chi connectivity index (χ1v) is 8.17. The number of carboxylic acid groups (broad SMARTS) is 1.